The van der Waals surface area contributed by atoms with E-state index in [0.717, 1.165) is 10.6 Å². The van der Waals surface area contributed by atoms with Crippen LogP contribution in [0.25, 0.3) is 0 Å². The van der Waals surface area contributed by atoms with Crippen LogP contribution in [0.15, 0.2) is 27.7 Å². The van der Waals surface area contributed by atoms with Crippen LogP contribution < -0.4 is 5.56 Å². The second-order valence-electron chi connectivity index (χ2n) is 4.54. The first-order valence-electron chi connectivity index (χ1n) is 5.87. The van der Waals surface area contributed by atoms with Crippen LogP contribution in [0, 0.1) is 10.1 Å². The number of hydrogen-bond donors (Lipinski definition) is 0. The maximum atomic E-state index is 11.9. The molecule has 0 radical (unpaired) electrons. The fraction of sp³-hybridized carbons (Fsp3) is 0.333. The molecule has 2 aromatic rings. The first kappa shape index (κ1) is 14.3. The van der Waals surface area contributed by atoms with E-state index in [1.165, 1.54) is 6.20 Å². The van der Waals surface area contributed by atoms with Crippen molar-refractivity contribution in [2.45, 2.75) is 26.3 Å². The molecule has 0 fully saturated rings. The van der Waals surface area contributed by atoms with Gasteiger partial charge in [0.15, 0.2) is 0 Å². The summed E-state index contributed by atoms with van der Waals surface area (Å²) in [5, 5.41) is 10.9. The first-order valence-corrected chi connectivity index (χ1v) is 6.25. The molecule has 0 spiro atoms. The van der Waals surface area contributed by atoms with Crippen LogP contribution in [-0.4, -0.2) is 14.5 Å². The fourth-order valence-corrected chi connectivity index (χ4v) is 1.86. The predicted octanol–water partition coefficient (Wildman–Crippen LogP) is 2.57. The summed E-state index contributed by atoms with van der Waals surface area (Å²) in [6, 6.07) is 1.02. The monoisotopic (exact) mass is 297 g/mol. The van der Waals surface area contributed by atoms with Gasteiger partial charge in [-0.15, -0.1) is 0 Å². The zero-order valence-electron chi connectivity index (χ0n) is 10.9. The third-order valence-corrected chi connectivity index (χ3v) is 2.88. The number of nitrogens with zero attached hydrogens (tertiary/aromatic N) is 3. The number of halogens is 1. The first-order chi connectivity index (χ1) is 9.38. The van der Waals surface area contributed by atoms with E-state index in [9.17, 15) is 14.9 Å². The molecule has 0 saturated heterocycles. The Morgan fingerprint density at radius 1 is 1.55 bits per heavy atom. The van der Waals surface area contributed by atoms with Gasteiger partial charge in [0.25, 0.3) is 0 Å². The molecule has 0 saturated carbocycles. The number of nitro groups is 1. The summed E-state index contributed by atoms with van der Waals surface area (Å²) in [6.07, 6.45) is 2.89. The van der Waals surface area contributed by atoms with E-state index in [4.69, 9.17) is 16.0 Å². The molecule has 2 rings (SSSR count). The number of oxazole rings is 1. The molecule has 0 amide bonds. The lowest BCUT2D eigenvalue weighted by Crippen LogP contribution is -2.22. The third kappa shape index (κ3) is 2.88. The summed E-state index contributed by atoms with van der Waals surface area (Å²) < 4.78 is 6.57. The van der Waals surface area contributed by atoms with Crippen molar-refractivity contribution >= 4 is 17.3 Å². The summed E-state index contributed by atoms with van der Waals surface area (Å²) in [4.78, 5) is 25.9. The van der Waals surface area contributed by atoms with Crippen molar-refractivity contribution in [1.82, 2.24) is 9.55 Å². The molecule has 7 nitrogen and oxygen atoms in total. The number of pyridine rings is 1. The Labute approximate surface area is 119 Å². The quantitative estimate of drug-likeness (QED) is 0.639. The summed E-state index contributed by atoms with van der Waals surface area (Å²) in [7, 11) is 0. The SMILES string of the molecule is CC(C)c1cnc(Cn2cc(Cl)cc([N+](=O)[O-])c2=O)o1. The van der Waals surface area contributed by atoms with Crippen LogP contribution in [0.3, 0.4) is 0 Å². The highest BCUT2D eigenvalue weighted by Gasteiger charge is 2.17. The summed E-state index contributed by atoms with van der Waals surface area (Å²) in [5.41, 5.74) is -1.32. The molecule has 0 N–H and O–H groups in total. The summed E-state index contributed by atoms with van der Waals surface area (Å²) >= 11 is 5.77. The van der Waals surface area contributed by atoms with Gasteiger partial charge >= 0.3 is 11.2 Å². The van der Waals surface area contributed by atoms with Crippen molar-refractivity contribution in [2.24, 2.45) is 0 Å². The van der Waals surface area contributed by atoms with Crippen molar-refractivity contribution in [3.63, 3.8) is 0 Å². The van der Waals surface area contributed by atoms with Crippen LogP contribution in [0.5, 0.6) is 0 Å². The van der Waals surface area contributed by atoms with E-state index in [0.29, 0.717) is 11.7 Å². The van der Waals surface area contributed by atoms with E-state index >= 15 is 0 Å². The lowest BCUT2D eigenvalue weighted by atomic mass is 10.2. The average molecular weight is 298 g/mol. The molecule has 0 atom stereocenters. The van der Waals surface area contributed by atoms with Crippen molar-refractivity contribution in [3.8, 4) is 0 Å². The van der Waals surface area contributed by atoms with Gasteiger partial charge in [0.2, 0.25) is 5.89 Å². The topological polar surface area (TPSA) is 91.2 Å². The van der Waals surface area contributed by atoms with Crippen molar-refractivity contribution < 1.29 is 9.34 Å². The molecule has 8 heteroatoms. The predicted molar refractivity (Wildman–Crippen MR) is 72.1 cm³/mol. The average Bonchev–Trinajstić information content (AvgIpc) is 2.81. The van der Waals surface area contributed by atoms with E-state index in [1.807, 2.05) is 13.8 Å². The molecule has 0 unspecified atom stereocenters. The van der Waals surface area contributed by atoms with E-state index in [1.54, 1.807) is 6.20 Å². The van der Waals surface area contributed by atoms with E-state index in [-0.39, 0.29) is 17.5 Å². The standard InChI is InChI=1S/C12H12ClN3O4/c1-7(2)10-4-14-11(20-10)6-15-5-8(13)3-9(12(15)17)16(18)19/h3-5,7H,6H2,1-2H3. The Balaban J connectivity index is 2.38. The molecule has 0 bridgehead atoms. The number of rotatable bonds is 4. The van der Waals surface area contributed by atoms with Gasteiger partial charge in [-0.05, 0) is 0 Å². The molecule has 106 valence electrons. The molecule has 2 aromatic heterocycles. The highest BCUT2D eigenvalue weighted by atomic mass is 35.5. The third-order valence-electron chi connectivity index (χ3n) is 2.68. The van der Waals surface area contributed by atoms with Gasteiger partial charge in [0, 0.05) is 18.2 Å². The normalized spacial score (nSPS) is 11.0. The van der Waals surface area contributed by atoms with E-state index < -0.39 is 16.2 Å². The lowest BCUT2D eigenvalue weighted by molar-refractivity contribution is -0.386. The summed E-state index contributed by atoms with van der Waals surface area (Å²) in [6.45, 7) is 3.88. The van der Waals surface area contributed by atoms with Crippen LogP contribution in [-0.2, 0) is 6.54 Å². The second-order valence-corrected chi connectivity index (χ2v) is 4.98. The zero-order valence-corrected chi connectivity index (χ0v) is 11.6. The Kier molecular flexibility index (Phi) is 3.89. The van der Waals surface area contributed by atoms with Crippen molar-refractivity contribution in [2.75, 3.05) is 0 Å². The minimum atomic E-state index is -0.764. The molecule has 0 aromatic carbocycles. The highest BCUT2D eigenvalue weighted by molar-refractivity contribution is 6.30. The van der Waals surface area contributed by atoms with Gasteiger partial charge < -0.3 is 4.42 Å². The maximum absolute atomic E-state index is 11.9. The van der Waals surface area contributed by atoms with Crippen LogP contribution >= 0.6 is 11.6 Å². The maximum Gasteiger partial charge on any atom is 0.335 e. The van der Waals surface area contributed by atoms with Gasteiger partial charge in [-0.25, -0.2) is 4.98 Å². The Hall–Kier alpha value is -2.15. The molecule has 0 aliphatic rings. The zero-order chi connectivity index (χ0) is 14.9. The number of aromatic nitrogens is 2. The van der Waals surface area contributed by atoms with Crippen molar-refractivity contribution in [1.29, 1.82) is 0 Å². The van der Waals surface area contributed by atoms with E-state index in [2.05, 4.69) is 4.98 Å². The van der Waals surface area contributed by atoms with Crippen LogP contribution in [0.1, 0.15) is 31.4 Å². The smallest absolute Gasteiger partial charge is 0.335 e. The van der Waals surface area contributed by atoms with Gasteiger partial charge in [0.1, 0.15) is 12.3 Å². The largest absolute Gasteiger partial charge is 0.443 e. The second kappa shape index (κ2) is 5.46. The molecule has 0 aliphatic heterocycles. The van der Waals surface area contributed by atoms with Gasteiger partial charge in [0.05, 0.1) is 16.1 Å². The Morgan fingerprint density at radius 3 is 2.80 bits per heavy atom. The molecular weight excluding hydrogens is 286 g/mol. The molecular formula is C12H12ClN3O4. The van der Waals surface area contributed by atoms with Crippen LogP contribution in [0.4, 0.5) is 5.69 Å². The van der Waals surface area contributed by atoms with Crippen molar-refractivity contribution in [3.05, 3.63) is 55.6 Å². The fourth-order valence-electron chi connectivity index (χ4n) is 1.64. The van der Waals surface area contributed by atoms with Gasteiger partial charge in [-0.3, -0.25) is 19.5 Å². The Morgan fingerprint density at radius 2 is 2.25 bits per heavy atom. The molecule has 20 heavy (non-hydrogen) atoms. The number of hydrogen-bond acceptors (Lipinski definition) is 5. The summed E-state index contributed by atoms with van der Waals surface area (Å²) in [5.74, 6) is 1.15. The molecule has 2 heterocycles. The van der Waals surface area contributed by atoms with Crippen LogP contribution in [0.2, 0.25) is 5.02 Å². The minimum absolute atomic E-state index is 0.00699. The lowest BCUT2D eigenvalue weighted by Gasteiger charge is -2.03. The highest BCUT2D eigenvalue weighted by Crippen LogP contribution is 2.17. The Bertz CT molecular complexity index is 705. The molecule has 0 aliphatic carbocycles. The van der Waals surface area contributed by atoms with Gasteiger partial charge in [-0.2, -0.15) is 0 Å². The van der Waals surface area contributed by atoms with Gasteiger partial charge in [-0.1, -0.05) is 25.4 Å². The minimum Gasteiger partial charge on any atom is -0.443 e.